The second kappa shape index (κ2) is 6.68. The minimum absolute atomic E-state index is 0.0310. The number of nitrogen functional groups attached to an aromatic ring is 1. The topological polar surface area (TPSA) is 105 Å². The summed E-state index contributed by atoms with van der Waals surface area (Å²) in [6, 6.07) is 2.69. The van der Waals surface area contributed by atoms with Gasteiger partial charge in [-0.1, -0.05) is 0 Å². The van der Waals surface area contributed by atoms with Crippen LogP contribution in [-0.2, 0) is 9.50 Å². The Morgan fingerprint density at radius 1 is 1.58 bits per heavy atom. The van der Waals surface area contributed by atoms with Crippen molar-refractivity contribution in [2.75, 3.05) is 17.6 Å². The van der Waals surface area contributed by atoms with E-state index in [4.69, 9.17) is 10.8 Å². The number of hydrogen-bond acceptors (Lipinski definition) is 5. The van der Waals surface area contributed by atoms with Gasteiger partial charge < -0.3 is 0 Å². The Hall–Kier alpha value is -2.18. The van der Waals surface area contributed by atoms with Crippen LogP contribution in [0.1, 0.15) is 11.1 Å². The molecule has 0 saturated heterocycles. The molecule has 4 N–H and O–H groups in total. The maximum absolute atomic E-state index is 10.9. The van der Waals surface area contributed by atoms with E-state index in [2.05, 4.69) is 10.3 Å². The van der Waals surface area contributed by atoms with Crippen LogP contribution < -0.4 is 11.1 Å². The Balaban J connectivity index is 2.82. The zero-order valence-electron chi connectivity index (χ0n) is 10.8. The molecule has 1 aromatic carbocycles. The summed E-state index contributed by atoms with van der Waals surface area (Å²) >= 11 is 0. The Kier molecular flexibility index (Phi) is 5.23. The van der Waals surface area contributed by atoms with Crippen LogP contribution in [0.2, 0.25) is 0 Å². The van der Waals surface area contributed by atoms with Crippen molar-refractivity contribution in [3.05, 3.63) is 23.3 Å². The Morgan fingerprint density at radius 2 is 2.26 bits per heavy atom. The summed E-state index contributed by atoms with van der Waals surface area (Å²) in [5, 5.41) is 11.9. The molecule has 6 nitrogen and oxygen atoms in total. The van der Waals surface area contributed by atoms with E-state index < -0.39 is 12.0 Å². The number of benzene rings is 1. The van der Waals surface area contributed by atoms with Crippen LogP contribution in [0.4, 0.5) is 11.4 Å². The first-order valence-electron chi connectivity index (χ1n) is 5.68. The van der Waals surface area contributed by atoms with E-state index in [0.29, 0.717) is 18.5 Å². The molecule has 0 spiro atoms. The van der Waals surface area contributed by atoms with Gasteiger partial charge in [-0.25, -0.2) is 0 Å². The molecule has 0 unspecified atom stereocenters. The van der Waals surface area contributed by atoms with E-state index in [9.17, 15) is 9.50 Å². The molecule has 7 heteroatoms. The molecule has 1 rings (SSSR count). The van der Waals surface area contributed by atoms with Gasteiger partial charge in [0.1, 0.15) is 0 Å². The molecule has 0 bridgehead atoms. The van der Waals surface area contributed by atoms with Crippen molar-refractivity contribution >= 4 is 30.6 Å². The third kappa shape index (κ3) is 4.20. The molecule has 0 aliphatic heterocycles. The normalized spacial score (nSPS) is 12.1. The molecule has 1 atom stereocenters. The molecule has 0 saturated carbocycles. The number of aryl methyl sites for hydroxylation is 2. The second-order valence-electron chi connectivity index (χ2n) is 4.15. The number of aliphatic carboxylic acids is 1. The molecular formula is C12H15BN3O3-. The maximum atomic E-state index is 10.9. The fourth-order valence-corrected chi connectivity index (χ4v) is 1.64. The van der Waals surface area contributed by atoms with Gasteiger partial charge in [-0.3, -0.25) is 0 Å². The van der Waals surface area contributed by atoms with Crippen molar-refractivity contribution in [1.29, 1.82) is 0 Å². The number of nitrogens with two attached hydrogens (primary N) is 1. The van der Waals surface area contributed by atoms with Gasteiger partial charge in [-0.2, -0.15) is 0 Å². The summed E-state index contributed by atoms with van der Waals surface area (Å²) in [5.74, 6) is -1.13. The number of hydrogen-bond donors (Lipinski definition) is 3. The summed E-state index contributed by atoms with van der Waals surface area (Å²) in [6.07, 6.45) is 2.00. The van der Waals surface area contributed by atoms with Gasteiger partial charge in [-0.15, -0.1) is 0 Å². The zero-order valence-corrected chi connectivity index (χ0v) is 10.8. The van der Waals surface area contributed by atoms with Gasteiger partial charge in [0.05, 0.1) is 0 Å². The second-order valence-corrected chi connectivity index (χ2v) is 4.15. The summed E-state index contributed by atoms with van der Waals surface area (Å²) in [4.78, 5) is 14.4. The van der Waals surface area contributed by atoms with E-state index in [1.165, 1.54) is 0 Å². The van der Waals surface area contributed by atoms with Gasteiger partial charge in [0.2, 0.25) is 0 Å². The van der Waals surface area contributed by atoms with Crippen molar-refractivity contribution in [3.8, 4) is 0 Å². The molecule has 0 radical (unpaired) electrons. The first-order valence-corrected chi connectivity index (χ1v) is 5.68. The van der Waals surface area contributed by atoms with Crippen molar-refractivity contribution < 1.29 is 14.6 Å². The molecule has 0 heterocycles. The summed E-state index contributed by atoms with van der Waals surface area (Å²) in [6.45, 7) is 3.83. The van der Waals surface area contributed by atoms with Crippen LogP contribution in [0.3, 0.4) is 0 Å². The molecular weight excluding hydrogens is 245 g/mol. The number of anilines is 2. The molecule has 0 fully saturated rings. The number of nitrogens with zero attached hydrogens (tertiary/aromatic N) is 1. The van der Waals surface area contributed by atoms with Gasteiger partial charge in [0.25, 0.3) is 0 Å². The van der Waals surface area contributed by atoms with Gasteiger partial charge >= 0.3 is 111 Å². The van der Waals surface area contributed by atoms with Crippen molar-refractivity contribution in [2.24, 2.45) is 4.99 Å². The number of aliphatic imine (C=N–C) groups is 1. The summed E-state index contributed by atoms with van der Waals surface area (Å²) in [7, 11) is 0.321. The van der Waals surface area contributed by atoms with Crippen molar-refractivity contribution in [2.45, 2.75) is 19.9 Å². The Morgan fingerprint density at radius 3 is 2.84 bits per heavy atom. The van der Waals surface area contributed by atoms with Crippen LogP contribution in [0.25, 0.3) is 0 Å². The predicted octanol–water partition coefficient (Wildman–Crippen LogP) is 0.706. The first kappa shape index (κ1) is 14.9. The third-order valence-corrected chi connectivity index (χ3v) is 2.59. The number of nitrogens with one attached hydrogen (secondary N) is 1. The fraction of sp³-hybridized carbons (Fsp3) is 0.333. The Labute approximate surface area is 112 Å². The number of carbonyl (C=O) groups is 1. The number of rotatable bonds is 6. The Bertz CT molecular complexity index is 517. The van der Waals surface area contributed by atoms with Gasteiger partial charge in [0.15, 0.2) is 0 Å². The molecule has 0 aliphatic rings. The zero-order chi connectivity index (χ0) is 14.4. The van der Waals surface area contributed by atoms with Crippen molar-refractivity contribution in [3.63, 3.8) is 0 Å². The van der Waals surface area contributed by atoms with E-state index in [0.717, 1.165) is 11.1 Å². The minimum atomic E-state index is -1.13. The van der Waals surface area contributed by atoms with Crippen LogP contribution >= 0.6 is 0 Å². The van der Waals surface area contributed by atoms with E-state index in [1.807, 2.05) is 32.1 Å². The molecule has 0 aliphatic carbocycles. The van der Waals surface area contributed by atoms with E-state index >= 15 is 0 Å². The number of carboxylic acids is 1. The summed E-state index contributed by atoms with van der Waals surface area (Å²) < 4.78 is 10.1. The SMILES string of the molecule is Cc1cc(C)c(N)c(NC[C@H](N=[C-]B=O)C(=O)O)c1. The van der Waals surface area contributed by atoms with E-state index in [-0.39, 0.29) is 6.54 Å². The quantitative estimate of drug-likeness (QED) is 0.302. The molecule has 19 heavy (non-hydrogen) atoms. The van der Waals surface area contributed by atoms with Gasteiger partial charge in [0, 0.05) is 0 Å². The standard InChI is InChI=1S/C12H15BN3O3/c1-7-3-8(2)11(14)9(4-7)15-5-10(12(17)18)16-6-13-19/h3-4,10,15H,5,14H2,1-2H3,(H,17,18)/q-1/t10-/m0/s1. The van der Waals surface area contributed by atoms with E-state index in [1.54, 1.807) is 0 Å². The fourth-order valence-electron chi connectivity index (χ4n) is 1.64. The predicted molar refractivity (Wildman–Crippen MR) is 74.1 cm³/mol. The van der Waals surface area contributed by atoms with Crippen LogP contribution in [0, 0.1) is 13.8 Å². The molecule has 100 valence electrons. The molecule has 0 amide bonds. The molecule has 0 aromatic heterocycles. The average Bonchev–Trinajstić information content (AvgIpc) is 2.34. The summed E-state index contributed by atoms with van der Waals surface area (Å²) in [5.41, 5.74) is 9.06. The number of carboxylic acid groups (broad SMARTS) is 1. The monoisotopic (exact) mass is 260 g/mol. The van der Waals surface area contributed by atoms with Crippen molar-refractivity contribution in [1.82, 2.24) is 0 Å². The third-order valence-electron chi connectivity index (χ3n) is 2.59. The first-order chi connectivity index (χ1) is 8.95. The van der Waals surface area contributed by atoms with Crippen LogP contribution in [0.15, 0.2) is 17.1 Å². The van der Waals surface area contributed by atoms with Crippen LogP contribution in [-0.4, -0.2) is 36.9 Å². The van der Waals surface area contributed by atoms with Gasteiger partial charge in [-0.05, 0) is 0 Å². The average molecular weight is 260 g/mol. The van der Waals surface area contributed by atoms with Crippen LogP contribution in [0.5, 0.6) is 0 Å². The molecule has 1 aromatic rings.